The number of allylic oxidation sites excluding steroid dienone is 3. The number of esters is 2. The van der Waals surface area contributed by atoms with Crippen LogP contribution in [0, 0.1) is 16.7 Å². The highest BCUT2D eigenvalue weighted by Crippen LogP contribution is 2.72. The van der Waals surface area contributed by atoms with Crippen molar-refractivity contribution in [3.05, 3.63) is 36.0 Å². The second kappa shape index (κ2) is 10.2. The fourth-order valence-electron chi connectivity index (χ4n) is 7.04. The molecule has 9 heteroatoms. The summed E-state index contributed by atoms with van der Waals surface area (Å²) in [5.41, 5.74) is -0.771. The molecule has 1 saturated carbocycles. The minimum Gasteiger partial charge on any atom is -0.463 e. The van der Waals surface area contributed by atoms with Gasteiger partial charge >= 0.3 is 11.9 Å². The predicted octanol–water partition coefficient (Wildman–Crippen LogP) is 2.39. The molecular weight excluding hydrogens is 492 g/mol. The summed E-state index contributed by atoms with van der Waals surface area (Å²) in [6.45, 7) is 8.27. The fourth-order valence-corrected chi connectivity index (χ4v) is 7.04. The average Bonchev–Trinajstić information content (AvgIpc) is 3.65. The van der Waals surface area contributed by atoms with E-state index in [1.807, 2.05) is 0 Å². The van der Waals surface area contributed by atoms with Crippen LogP contribution in [-0.2, 0) is 33.3 Å². The topological polar surface area (TPSA) is 124 Å². The van der Waals surface area contributed by atoms with Gasteiger partial charge in [0.05, 0.1) is 30.3 Å². The zero-order valence-corrected chi connectivity index (χ0v) is 22.6. The number of carbonyl (C=O) groups excluding carboxylic acids is 2. The molecule has 0 aromatic heterocycles. The van der Waals surface area contributed by atoms with Crippen LogP contribution < -0.4 is 0 Å². The van der Waals surface area contributed by atoms with Crippen molar-refractivity contribution in [3.8, 4) is 0 Å². The molecule has 3 fully saturated rings. The largest absolute Gasteiger partial charge is 0.463 e. The van der Waals surface area contributed by atoms with E-state index in [9.17, 15) is 19.8 Å². The fraction of sp³-hybridized carbons (Fsp3) is 0.724. The maximum absolute atomic E-state index is 13.1. The third kappa shape index (κ3) is 4.36. The van der Waals surface area contributed by atoms with Gasteiger partial charge in [-0.3, -0.25) is 0 Å². The summed E-state index contributed by atoms with van der Waals surface area (Å²) in [4.78, 5) is 26.0. The van der Waals surface area contributed by atoms with E-state index in [0.717, 1.165) is 6.42 Å². The van der Waals surface area contributed by atoms with E-state index >= 15 is 0 Å². The first-order valence-electron chi connectivity index (χ1n) is 13.7. The van der Waals surface area contributed by atoms with Crippen LogP contribution in [0.25, 0.3) is 0 Å². The molecule has 2 N–H and O–H groups in total. The third-order valence-electron chi connectivity index (χ3n) is 9.73. The third-order valence-corrected chi connectivity index (χ3v) is 9.73. The molecule has 3 aliphatic heterocycles. The van der Waals surface area contributed by atoms with Crippen molar-refractivity contribution in [2.24, 2.45) is 16.7 Å². The van der Waals surface area contributed by atoms with Crippen molar-refractivity contribution in [2.45, 2.75) is 95.6 Å². The van der Waals surface area contributed by atoms with Crippen LogP contribution in [0.5, 0.6) is 0 Å². The van der Waals surface area contributed by atoms with Gasteiger partial charge in [0.15, 0.2) is 6.10 Å². The summed E-state index contributed by atoms with van der Waals surface area (Å²) >= 11 is 0. The first-order chi connectivity index (χ1) is 18.0. The first-order valence-corrected chi connectivity index (χ1v) is 13.7. The number of ether oxygens (including phenoxy) is 5. The van der Waals surface area contributed by atoms with Crippen LogP contribution in [0.2, 0.25) is 0 Å². The maximum atomic E-state index is 13.1. The molecular formula is C29H40O9. The lowest BCUT2D eigenvalue weighted by Gasteiger charge is -2.58. The highest BCUT2D eigenvalue weighted by atomic mass is 16.6. The number of epoxide rings is 1. The Morgan fingerprint density at radius 3 is 2.63 bits per heavy atom. The number of hydrogen-bond acceptors (Lipinski definition) is 9. The van der Waals surface area contributed by atoms with E-state index in [4.69, 9.17) is 23.7 Å². The van der Waals surface area contributed by atoms with Crippen LogP contribution >= 0.6 is 0 Å². The molecule has 0 aromatic rings. The molecule has 3 heterocycles. The number of carbonyl (C=O) groups is 2. The molecule has 0 aromatic carbocycles. The van der Waals surface area contributed by atoms with Crippen molar-refractivity contribution in [1.82, 2.24) is 0 Å². The molecule has 2 spiro atoms. The van der Waals surface area contributed by atoms with Crippen LogP contribution in [0.1, 0.15) is 53.4 Å². The molecule has 0 amide bonds. The number of rotatable bonds is 1. The van der Waals surface area contributed by atoms with E-state index in [1.54, 1.807) is 32.1 Å². The summed E-state index contributed by atoms with van der Waals surface area (Å²) in [6.07, 6.45) is 6.89. The van der Waals surface area contributed by atoms with Gasteiger partial charge in [-0.1, -0.05) is 43.7 Å². The molecule has 2 aliphatic carbocycles. The Kier molecular flexibility index (Phi) is 7.37. The van der Waals surface area contributed by atoms with E-state index < -0.39 is 58.7 Å². The van der Waals surface area contributed by atoms with Crippen molar-refractivity contribution in [3.63, 3.8) is 0 Å². The molecule has 210 valence electrons. The number of aliphatic hydroxyl groups excluding tert-OH is 2. The Morgan fingerprint density at radius 2 is 1.92 bits per heavy atom. The van der Waals surface area contributed by atoms with E-state index in [-0.39, 0.29) is 25.4 Å². The second-order valence-electron chi connectivity index (χ2n) is 11.9. The Hall–Kier alpha value is -2.04. The molecule has 2 saturated heterocycles. The monoisotopic (exact) mass is 532 g/mol. The zero-order valence-electron chi connectivity index (χ0n) is 22.6. The summed E-state index contributed by atoms with van der Waals surface area (Å²) in [5, 5.41) is 20.8. The van der Waals surface area contributed by atoms with Gasteiger partial charge in [-0.15, -0.1) is 0 Å². The molecule has 9 nitrogen and oxygen atoms in total. The molecule has 5 rings (SSSR count). The van der Waals surface area contributed by atoms with Crippen LogP contribution in [0.3, 0.4) is 0 Å². The number of cyclic esters (lactones) is 1. The highest BCUT2D eigenvalue weighted by Gasteiger charge is 2.83. The average molecular weight is 533 g/mol. The van der Waals surface area contributed by atoms with Crippen molar-refractivity contribution in [1.29, 1.82) is 0 Å². The van der Waals surface area contributed by atoms with Gasteiger partial charge in [0.25, 0.3) is 0 Å². The van der Waals surface area contributed by atoms with Gasteiger partial charge < -0.3 is 33.9 Å². The van der Waals surface area contributed by atoms with Gasteiger partial charge in [-0.25, -0.2) is 9.59 Å². The van der Waals surface area contributed by atoms with Gasteiger partial charge in [0.1, 0.15) is 24.4 Å². The Labute approximate surface area is 223 Å². The van der Waals surface area contributed by atoms with E-state index in [2.05, 4.69) is 19.9 Å². The molecule has 2 bridgehead atoms. The lowest BCUT2D eigenvalue weighted by atomic mass is 9.51. The molecule has 5 aliphatic rings. The van der Waals surface area contributed by atoms with Gasteiger partial charge in [-0.2, -0.15) is 0 Å². The standard InChI is InChI=1S/C29H40O9/c1-17-9-11-28-15-35-26(33)25(32)18(2)10-12-34-20(19(3)30)7-5-6-8-24(31)38-21-14-23(37-22(28)13-17)29(16-36-29)27(21,28)4/h5-8,13,18-23,25,30,32H,9-12,14-16H2,1-4H3/b7-5-,8-6-/t18-,19-,20-,21-,22-,23-,25?,27-,28-,29+/m1/s1. The predicted molar refractivity (Wildman–Crippen MR) is 136 cm³/mol. The summed E-state index contributed by atoms with van der Waals surface area (Å²) in [7, 11) is 0. The summed E-state index contributed by atoms with van der Waals surface area (Å²) in [6, 6.07) is 0. The van der Waals surface area contributed by atoms with Crippen LogP contribution in [-0.4, -0.2) is 84.2 Å². The SMILES string of the molecule is CC1=C[C@H]2O[C@@H]3C[C@H]4OC(=O)/C=C\C=C/[C@H]([C@@H](C)O)OCC[C@@H](C)C(O)C(=O)OC[C@@]2(CC1)[C@]4(C)[C@]31CO1. The summed E-state index contributed by atoms with van der Waals surface area (Å²) < 4.78 is 30.4. The second-order valence-corrected chi connectivity index (χ2v) is 11.9. The van der Waals surface area contributed by atoms with E-state index in [0.29, 0.717) is 25.9 Å². The molecule has 10 atom stereocenters. The minimum absolute atomic E-state index is 0.0195. The Bertz CT molecular complexity index is 1030. The molecule has 38 heavy (non-hydrogen) atoms. The lowest BCUT2D eigenvalue weighted by Crippen LogP contribution is -2.66. The van der Waals surface area contributed by atoms with Gasteiger partial charge in [0, 0.05) is 24.5 Å². The normalized spacial score (nSPS) is 48.0. The van der Waals surface area contributed by atoms with Crippen molar-refractivity contribution < 1.29 is 43.5 Å². The number of aliphatic hydroxyl groups is 2. The summed E-state index contributed by atoms with van der Waals surface area (Å²) in [5.74, 6) is -1.60. The minimum atomic E-state index is -1.33. The van der Waals surface area contributed by atoms with Crippen LogP contribution in [0.15, 0.2) is 36.0 Å². The van der Waals surface area contributed by atoms with Crippen molar-refractivity contribution >= 4 is 11.9 Å². The number of hydrogen-bond donors (Lipinski definition) is 2. The first kappa shape index (κ1) is 27.5. The Morgan fingerprint density at radius 1 is 1.16 bits per heavy atom. The zero-order chi connectivity index (χ0) is 27.3. The Balaban J connectivity index is 1.51. The van der Waals surface area contributed by atoms with Gasteiger partial charge in [0.2, 0.25) is 0 Å². The van der Waals surface area contributed by atoms with E-state index in [1.165, 1.54) is 11.6 Å². The molecule has 0 radical (unpaired) electrons. The lowest BCUT2D eigenvalue weighted by molar-refractivity contribution is -0.234. The maximum Gasteiger partial charge on any atom is 0.335 e. The smallest absolute Gasteiger partial charge is 0.335 e. The van der Waals surface area contributed by atoms with Crippen molar-refractivity contribution in [2.75, 3.05) is 19.8 Å². The highest BCUT2D eigenvalue weighted by molar-refractivity contribution is 5.82. The quantitative estimate of drug-likeness (QED) is 0.298. The van der Waals surface area contributed by atoms with Crippen LogP contribution in [0.4, 0.5) is 0 Å². The molecule has 1 unspecified atom stereocenters. The van der Waals surface area contributed by atoms with Gasteiger partial charge in [-0.05, 0) is 39.0 Å².